The molecule has 21 heavy (non-hydrogen) atoms. The zero-order chi connectivity index (χ0) is 14.9. The van der Waals surface area contributed by atoms with Gasteiger partial charge in [-0.3, -0.25) is 0 Å². The Morgan fingerprint density at radius 3 is 2.95 bits per heavy atom. The van der Waals surface area contributed by atoms with Crippen molar-refractivity contribution in [1.82, 2.24) is 10.3 Å². The van der Waals surface area contributed by atoms with Crippen LogP contribution in [-0.4, -0.2) is 32.2 Å². The summed E-state index contributed by atoms with van der Waals surface area (Å²) in [6, 6.07) is 5.37. The van der Waals surface area contributed by atoms with Gasteiger partial charge in [-0.1, -0.05) is 6.42 Å². The fourth-order valence-electron chi connectivity index (χ4n) is 2.76. The number of hydrogen-bond acceptors (Lipinski definition) is 5. The van der Waals surface area contributed by atoms with E-state index in [4.69, 9.17) is 4.42 Å². The van der Waals surface area contributed by atoms with Gasteiger partial charge in [0.15, 0.2) is 21.3 Å². The Bertz CT molecular complexity index is 730. The van der Waals surface area contributed by atoms with Crippen molar-refractivity contribution in [3.05, 3.63) is 24.1 Å². The summed E-state index contributed by atoms with van der Waals surface area (Å²) < 4.78 is 28.8. The predicted octanol–water partition coefficient (Wildman–Crippen LogP) is 2.31. The fraction of sp³-hybridized carbons (Fsp3) is 0.533. The Hall–Kier alpha value is -1.40. The number of aryl methyl sites for hydroxylation is 1. The minimum atomic E-state index is -3.21. The van der Waals surface area contributed by atoms with E-state index in [1.165, 1.54) is 25.5 Å². The Morgan fingerprint density at radius 2 is 2.24 bits per heavy atom. The number of sulfone groups is 1. The molecular formula is C15H20N2O3S. The van der Waals surface area contributed by atoms with Gasteiger partial charge in [0.25, 0.3) is 0 Å². The first-order chi connectivity index (χ1) is 10.0. The first-order valence-electron chi connectivity index (χ1n) is 7.35. The zero-order valence-electron chi connectivity index (χ0n) is 12.1. The molecular weight excluding hydrogens is 288 g/mol. The summed E-state index contributed by atoms with van der Waals surface area (Å²) in [5.74, 6) is 0.683. The lowest BCUT2D eigenvalue weighted by Gasteiger charge is -2.22. The van der Waals surface area contributed by atoms with E-state index in [0.29, 0.717) is 23.0 Å². The number of hydrogen-bond donors (Lipinski definition) is 1. The highest BCUT2D eigenvalue weighted by Gasteiger charge is 2.15. The van der Waals surface area contributed by atoms with E-state index in [-0.39, 0.29) is 4.90 Å². The van der Waals surface area contributed by atoms with Crippen LogP contribution >= 0.6 is 0 Å². The summed E-state index contributed by atoms with van der Waals surface area (Å²) >= 11 is 0. The highest BCUT2D eigenvalue weighted by atomic mass is 32.2. The van der Waals surface area contributed by atoms with Gasteiger partial charge in [-0.25, -0.2) is 13.4 Å². The molecule has 114 valence electrons. The highest BCUT2D eigenvalue weighted by molar-refractivity contribution is 7.90. The summed E-state index contributed by atoms with van der Waals surface area (Å²) in [7, 11) is -3.21. The maximum atomic E-state index is 11.5. The molecule has 5 nitrogen and oxygen atoms in total. The third-order valence-electron chi connectivity index (χ3n) is 3.95. The summed E-state index contributed by atoms with van der Waals surface area (Å²) in [6.07, 6.45) is 6.73. The van der Waals surface area contributed by atoms with Gasteiger partial charge < -0.3 is 9.73 Å². The smallest absolute Gasteiger partial charge is 0.195 e. The molecule has 0 bridgehead atoms. The molecule has 1 saturated heterocycles. The van der Waals surface area contributed by atoms with Gasteiger partial charge in [0.1, 0.15) is 5.52 Å². The summed E-state index contributed by atoms with van der Waals surface area (Å²) in [6.45, 7) is 1.09. The third kappa shape index (κ3) is 3.44. The second kappa shape index (κ2) is 5.77. The molecule has 2 heterocycles. The quantitative estimate of drug-likeness (QED) is 0.938. The fourth-order valence-corrected chi connectivity index (χ4v) is 3.40. The second-order valence-electron chi connectivity index (χ2n) is 5.69. The van der Waals surface area contributed by atoms with Gasteiger partial charge >= 0.3 is 0 Å². The van der Waals surface area contributed by atoms with Crippen LogP contribution in [0.15, 0.2) is 27.5 Å². The number of piperidine rings is 1. The van der Waals surface area contributed by atoms with Crippen molar-refractivity contribution in [2.75, 3.05) is 12.8 Å². The lowest BCUT2D eigenvalue weighted by Crippen LogP contribution is -2.34. The summed E-state index contributed by atoms with van der Waals surface area (Å²) in [4.78, 5) is 4.69. The monoisotopic (exact) mass is 308 g/mol. The minimum absolute atomic E-state index is 0.281. The summed E-state index contributed by atoms with van der Waals surface area (Å²) in [5, 5.41) is 3.50. The number of aromatic nitrogens is 1. The molecule has 1 fully saturated rings. The number of benzene rings is 1. The third-order valence-corrected chi connectivity index (χ3v) is 5.06. The molecule has 6 heteroatoms. The maximum absolute atomic E-state index is 11.5. The SMILES string of the molecule is CS(=O)(=O)c1ccc2oc(CCC3CCCCN3)nc2c1. The lowest BCUT2D eigenvalue weighted by molar-refractivity contribution is 0.371. The molecule has 0 saturated carbocycles. The number of rotatable bonds is 4. The molecule has 1 N–H and O–H groups in total. The molecule has 0 amide bonds. The molecule has 1 aliphatic rings. The van der Waals surface area contributed by atoms with Crippen LogP contribution in [0.2, 0.25) is 0 Å². The Kier molecular flexibility index (Phi) is 3.99. The van der Waals surface area contributed by atoms with Crippen LogP contribution in [0.5, 0.6) is 0 Å². The van der Waals surface area contributed by atoms with Crippen molar-refractivity contribution in [3.63, 3.8) is 0 Å². The topological polar surface area (TPSA) is 72.2 Å². The van der Waals surface area contributed by atoms with Gasteiger partial charge in [-0.05, 0) is 44.0 Å². The van der Waals surface area contributed by atoms with Gasteiger partial charge in [0.05, 0.1) is 4.90 Å². The van der Waals surface area contributed by atoms with E-state index in [1.807, 2.05) is 0 Å². The zero-order valence-corrected chi connectivity index (χ0v) is 12.9. The van der Waals surface area contributed by atoms with Crippen molar-refractivity contribution < 1.29 is 12.8 Å². The second-order valence-corrected chi connectivity index (χ2v) is 7.71. The first-order valence-corrected chi connectivity index (χ1v) is 9.24. The van der Waals surface area contributed by atoms with Crippen molar-refractivity contribution in [1.29, 1.82) is 0 Å². The van der Waals surface area contributed by atoms with Crippen molar-refractivity contribution in [2.45, 2.75) is 43.0 Å². The van der Waals surface area contributed by atoms with Crippen LogP contribution in [0.1, 0.15) is 31.6 Å². The molecule has 1 aromatic heterocycles. The van der Waals surface area contributed by atoms with Crippen LogP contribution in [0.4, 0.5) is 0 Å². The van der Waals surface area contributed by atoms with Gasteiger partial charge in [-0.2, -0.15) is 0 Å². The first kappa shape index (κ1) is 14.5. The average Bonchev–Trinajstić information content (AvgIpc) is 2.87. The average molecular weight is 308 g/mol. The normalized spacial score (nSPS) is 20.0. The highest BCUT2D eigenvalue weighted by Crippen LogP contribution is 2.21. The number of nitrogens with one attached hydrogen (secondary N) is 1. The van der Waals surface area contributed by atoms with E-state index in [1.54, 1.807) is 18.2 Å². The van der Waals surface area contributed by atoms with Gasteiger partial charge in [0, 0.05) is 18.7 Å². The van der Waals surface area contributed by atoms with E-state index >= 15 is 0 Å². The van der Waals surface area contributed by atoms with Crippen LogP contribution in [-0.2, 0) is 16.3 Å². The molecule has 2 aromatic rings. The molecule has 1 atom stereocenters. The number of oxazole rings is 1. The van der Waals surface area contributed by atoms with E-state index in [2.05, 4.69) is 10.3 Å². The number of nitrogens with zero attached hydrogens (tertiary/aromatic N) is 1. The molecule has 1 aromatic carbocycles. The standard InChI is InChI=1S/C15H20N2O3S/c1-21(18,19)12-6-7-14-13(10-12)17-15(20-14)8-5-11-4-2-3-9-16-11/h6-7,10-11,16H,2-5,8-9H2,1H3. The van der Waals surface area contributed by atoms with Crippen LogP contribution in [0.25, 0.3) is 11.1 Å². The summed E-state index contributed by atoms with van der Waals surface area (Å²) in [5.41, 5.74) is 1.26. The Balaban J connectivity index is 1.74. The van der Waals surface area contributed by atoms with Crippen molar-refractivity contribution in [2.24, 2.45) is 0 Å². The Labute approximate surface area is 124 Å². The van der Waals surface area contributed by atoms with Crippen LogP contribution < -0.4 is 5.32 Å². The van der Waals surface area contributed by atoms with E-state index in [9.17, 15) is 8.42 Å². The van der Waals surface area contributed by atoms with Gasteiger partial charge in [-0.15, -0.1) is 0 Å². The van der Waals surface area contributed by atoms with E-state index in [0.717, 1.165) is 19.4 Å². The van der Waals surface area contributed by atoms with Crippen molar-refractivity contribution in [3.8, 4) is 0 Å². The number of fused-ring (bicyclic) bond motifs is 1. The van der Waals surface area contributed by atoms with Crippen LogP contribution in [0, 0.1) is 0 Å². The molecule has 0 spiro atoms. The maximum Gasteiger partial charge on any atom is 0.195 e. The minimum Gasteiger partial charge on any atom is -0.441 e. The van der Waals surface area contributed by atoms with Crippen molar-refractivity contribution >= 4 is 20.9 Å². The molecule has 1 aliphatic heterocycles. The molecule has 1 unspecified atom stereocenters. The largest absolute Gasteiger partial charge is 0.441 e. The molecule has 0 aliphatic carbocycles. The van der Waals surface area contributed by atoms with Gasteiger partial charge in [0.2, 0.25) is 0 Å². The predicted molar refractivity (Wildman–Crippen MR) is 81.1 cm³/mol. The lowest BCUT2D eigenvalue weighted by atomic mass is 10.0. The Morgan fingerprint density at radius 1 is 1.38 bits per heavy atom. The van der Waals surface area contributed by atoms with Crippen LogP contribution in [0.3, 0.4) is 0 Å². The van der Waals surface area contributed by atoms with E-state index < -0.39 is 9.84 Å². The molecule has 3 rings (SSSR count). The molecule has 0 radical (unpaired) electrons.